The largest absolute Gasteiger partial charge is 0.380 e. The fraction of sp³-hybridized carbons (Fsp3) is 0.368. The SMILES string of the molecule is CCc1ccccc1CNc1ccc([N+](=O)[O-])cc1S(=O)(=O)N1CCOCC1. The van der Waals surface area contributed by atoms with E-state index in [1.165, 1.54) is 16.4 Å². The summed E-state index contributed by atoms with van der Waals surface area (Å²) in [4.78, 5) is 10.5. The predicted octanol–water partition coefficient (Wildman–Crippen LogP) is 2.79. The van der Waals surface area contributed by atoms with E-state index in [4.69, 9.17) is 4.74 Å². The molecule has 0 atom stereocenters. The van der Waals surface area contributed by atoms with Crippen LogP contribution in [0.4, 0.5) is 11.4 Å². The zero-order chi connectivity index (χ0) is 20.1. The molecule has 0 aliphatic carbocycles. The van der Waals surface area contributed by atoms with Crippen molar-refractivity contribution in [3.8, 4) is 0 Å². The second kappa shape index (κ2) is 8.68. The molecule has 1 saturated heterocycles. The fourth-order valence-electron chi connectivity index (χ4n) is 3.18. The van der Waals surface area contributed by atoms with E-state index in [0.717, 1.165) is 23.6 Å². The molecule has 0 aromatic heterocycles. The van der Waals surface area contributed by atoms with Crippen LogP contribution in [0.3, 0.4) is 0 Å². The van der Waals surface area contributed by atoms with Gasteiger partial charge in [0.05, 0.1) is 23.8 Å². The third-order valence-electron chi connectivity index (χ3n) is 4.73. The van der Waals surface area contributed by atoms with Gasteiger partial charge in [-0.1, -0.05) is 31.2 Å². The summed E-state index contributed by atoms with van der Waals surface area (Å²) in [5.74, 6) is 0. The van der Waals surface area contributed by atoms with Crippen LogP contribution in [0.15, 0.2) is 47.4 Å². The number of hydrogen-bond donors (Lipinski definition) is 1. The quantitative estimate of drug-likeness (QED) is 0.561. The maximum absolute atomic E-state index is 13.1. The summed E-state index contributed by atoms with van der Waals surface area (Å²) in [5, 5.41) is 14.3. The van der Waals surface area contributed by atoms with Gasteiger partial charge in [-0.25, -0.2) is 8.42 Å². The van der Waals surface area contributed by atoms with Crippen molar-refractivity contribution in [3.05, 3.63) is 63.7 Å². The Bertz CT molecular complexity index is 956. The molecule has 9 heteroatoms. The molecule has 1 aliphatic heterocycles. The van der Waals surface area contributed by atoms with Gasteiger partial charge in [0.1, 0.15) is 4.90 Å². The van der Waals surface area contributed by atoms with Crippen LogP contribution in [-0.2, 0) is 27.7 Å². The van der Waals surface area contributed by atoms with Crippen molar-refractivity contribution in [2.45, 2.75) is 24.8 Å². The highest BCUT2D eigenvalue weighted by Gasteiger charge is 2.30. The molecular weight excluding hydrogens is 382 g/mol. The van der Waals surface area contributed by atoms with Crippen LogP contribution in [-0.4, -0.2) is 43.9 Å². The van der Waals surface area contributed by atoms with E-state index >= 15 is 0 Å². The molecule has 0 bridgehead atoms. The highest BCUT2D eigenvalue weighted by atomic mass is 32.2. The smallest absolute Gasteiger partial charge is 0.270 e. The zero-order valence-electron chi connectivity index (χ0n) is 15.6. The minimum Gasteiger partial charge on any atom is -0.380 e. The average Bonchev–Trinajstić information content (AvgIpc) is 2.72. The van der Waals surface area contributed by atoms with Gasteiger partial charge in [0.15, 0.2) is 0 Å². The number of non-ortho nitro benzene ring substituents is 1. The maximum atomic E-state index is 13.1. The lowest BCUT2D eigenvalue weighted by atomic mass is 10.1. The summed E-state index contributed by atoms with van der Waals surface area (Å²) in [6, 6.07) is 11.8. The van der Waals surface area contributed by atoms with Crippen molar-refractivity contribution in [2.75, 3.05) is 31.6 Å². The van der Waals surface area contributed by atoms with Crippen LogP contribution in [0.25, 0.3) is 0 Å². The molecule has 1 fully saturated rings. The molecule has 150 valence electrons. The molecule has 0 spiro atoms. The fourth-order valence-corrected chi connectivity index (χ4v) is 4.77. The number of aryl methyl sites for hydroxylation is 1. The molecule has 0 radical (unpaired) electrons. The molecule has 1 N–H and O–H groups in total. The summed E-state index contributed by atoms with van der Waals surface area (Å²) < 4.78 is 32.8. The average molecular weight is 405 g/mol. The molecule has 0 amide bonds. The van der Waals surface area contributed by atoms with Gasteiger partial charge in [-0.2, -0.15) is 4.31 Å². The Kier molecular flexibility index (Phi) is 6.28. The highest BCUT2D eigenvalue weighted by molar-refractivity contribution is 7.89. The number of morpholine rings is 1. The summed E-state index contributed by atoms with van der Waals surface area (Å²) in [5.41, 5.74) is 2.31. The first kappa shape index (κ1) is 20.2. The van der Waals surface area contributed by atoms with E-state index in [2.05, 4.69) is 12.2 Å². The predicted molar refractivity (Wildman–Crippen MR) is 106 cm³/mol. The molecule has 0 unspecified atom stereocenters. The number of hydrogen-bond acceptors (Lipinski definition) is 6. The van der Waals surface area contributed by atoms with Crippen molar-refractivity contribution < 1.29 is 18.1 Å². The third kappa shape index (κ3) is 4.32. The molecule has 2 aromatic carbocycles. The Morgan fingerprint density at radius 3 is 2.46 bits per heavy atom. The first-order chi connectivity index (χ1) is 13.4. The standard InChI is InChI=1S/C19H23N3O5S/c1-2-15-5-3-4-6-16(15)14-20-18-8-7-17(22(23)24)13-19(18)28(25,26)21-9-11-27-12-10-21/h3-8,13,20H,2,9-12,14H2,1H3. The van der Waals surface area contributed by atoms with Crippen molar-refractivity contribution in [2.24, 2.45) is 0 Å². The number of anilines is 1. The van der Waals surface area contributed by atoms with Crippen molar-refractivity contribution in [3.63, 3.8) is 0 Å². The first-order valence-corrected chi connectivity index (χ1v) is 10.5. The van der Waals surface area contributed by atoms with E-state index < -0.39 is 14.9 Å². The van der Waals surface area contributed by atoms with Gasteiger partial charge < -0.3 is 10.1 Å². The minimum absolute atomic E-state index is 0.0856. The number of ether oxygens (including phenoxy) is 1. The maximum Gasteiger partial charge on any atom is 0.270 e. The van der Waals surface area contributed by atoms with Gasteiger partial charge >= 0.3 is 0 Å². The van der Waals surface area contributed by atoms with Crippen molar-refractivity contribution in [1.82, 2.24) is 4.31 Å². The minimum atomic E-state index is -3.88. The van der Waals surface area contributed by atoms with E-state index in [0.29, 0.717) is 25.4 Å². The summed E-state index contributed by atoms with van der Waals surface area (Å²) in [7, 11) is -3.88. The molecular formula is C19H23N3O5S. The molecule has 28 heavy (non-hydrogen) atoms. The number of benzene rings is 2. The van der Waals surface area contributed by atoms with E-state index in [1.54, 1.807) is 0 Å². The Morgan fingerprint density at radius 2 is 1.82 bits per heavy atom. The van der Waals surface area contributed by atoms with E-state index in [1.807, 2.05) is 24.3 Å². The lowest BCUT2D eigenvalue weighted by Crippen LogP contribution is -2.40. The van der Waals surface area contributed by atoms with Crippen LogP contribution >= 0.6 is 0 Å². The van der Waals surface area contributed by atoms with Gasteiger partial charge in [-0.05, 0) is 23.6 Å². The third-order valence-corrected chi connectivity index (χ3v) is 6.67. The second-order valence-electron chi connectivity index (χ2n) is 6.43. The summed E-state index contributed by atoms with van der Waals surface area (Å²) in [6.45, 7) is 3.54. The van der Waals surface area contributed by atoms with Gasteiger partial charge in [0, 0.05) is 31.8 Å². The number of sulfonamides is 1. The first-order valence-electron chi connectivity index (χ1n) is 9.10. The van der Waals surface area contributed by atoms with Crippen LogP contribution in [0.2, 0.25) is 0 Å². The molecule has 1 heterocycles. The van der Waals surface area contributed by atoms with E-state index in [-0.39, 0.29) is 23.7 Å². The van der Waals surface area contributed by atoms with Crippen molar-refractivity contribution in [1.29, 1.82) is 0 Å². The van der Waals surface area contributed by atoms with E-state index in [9.17, 15) is 18.5 Å². The molecule has 0 saturated carbocycles. The van der Waals surface area contributed by atoms with Gasteiger partial charge in [0.25, 0.3) is 5.69 Å². The van der Waals surface area contributed by atoms with Crippen LogP contribution < -0.4 is 5.32 Å². The normalized spacial score (nSPS) is 15.3. The van der Waals surface area contributed by atoms with Gasteiger partial charge in [-0.15, -0.1) is 0 Å². The highest BCUT2D eigenvalue weighted by Crippen LogP contribution is 2.30. The molecule has 8 nitrogen and oxygen atoms in total. The van der Waals surface area contributed by atoms with Gasteiger partial charge in [-0.3, -0.25) is 10.1 Å². The zero-order valence-corrected chi connectivity index (χ0v) is 16.4. The number of nitro groups is 1. The Labute approximate surface area is 164 Å². The van der Waals surface area contributed by atoms with Crippen LogP contribution in [0, 0.1) is 10.1 Å². The molecule has 1 aliphatic rings. The summed E-state index contributed by atoms with van der Waals surface area (Å²) in [6.07, 6.45) is 0.858. The molecule has 3 rings (SSSR count). The second-order valence-corrected chi connectivity index (χ2v) is 8.34. The lowest BCUT2D eigenvalue weighted by molar-refractivity contribution is -0.385. The van der Waals surface area contributed by atoms with Crippen LogP contribution in [0.5, 0.6) is 0 Å². The number of nitrogens with zero attached hydrogens (tertiary/aromatic N) is 2. The number of rotatable bonds is 7. The number of nitrogens with one attached hydrogen (secondary N) is 1. The molecule has 2 aromatic rings. The Hall–Kier alpha value is -2.49. The number of nitro benzene ring substituents is 1. The topological polar surface area (TPSA) is 102 Å². The Balaban J connectivity index is 1.95. The Morgan fingerprint density at radius 1 is 1.14 bits per heavy atom. The van der Waals surface area contributed by atoms with Gasteiger partial charge in [0.2, 0.25) is 10.0 Å². The summed E-state index contributed by atoms with van der Waals surface area (Å²) >= 11 is 0. The monoisotopic (exact) mass is 405 g/mol. The lowest BCUT2D eigenvalue weighted by Gasteiger charge is -2.27. The van der Waals surface area contributed by atoms with Crippen LogP contribution in [0.1, 0.15) is 18.1 Å². The van der Waals surface area contributed by atoms with Crippen molar-refractivity contribution >= 4 is 21.4 Å².